The number of aryl methyl sites for hydroxylation is 1. The number of rotatable bonds is 3. The summed E-state index contributed by atoms with van der Waals surface area (Å²) in [5.74, 6) is -0.0782. The SMILES string of the molecule is Cc1cc(N(C)C)ccc1Nc1nccc(C(F)(F)F)n1. The largest absolute Gasteiger partial charge is 0.433 e. The summed E-state index contributed by atoms with van der Waals surface area (Å²) in [7, 11) is 3.83. The van der Waals surface area contributed by atoms with Gasteiger partial charge < -0.3 is 10.2 Å². The van der Waals surface area contributed by atoms with Gasteiger partial charge in [0.1, 0.15) is 5.69 Å². The number of hydrogen-bond donors (Lipinski definition) is 1. The van der Waals surface area contributed by atoms with Crippen LogP contribution in [0.1, 0.15) is 11.3 Å². The number of anilines is 3. The van der Waals surface area contributed by atoms with Gasteiger partial charge in [0.15, 0.2) is 0 Å². The molecule has 2 aromatic rings. The highest BCUT2D eigenvalue weighted by atomic mass is 19.4. The Balaban J connectivity index is 2.26. The maximum atomic E-state index is 12.6. The highest BCUT2D eigenvalue weighted by Gasteiger charge is 2.32. The van der Waals surface area contributed by atoms with Crippen molar-refractivity contribution in [2.24, 2.45) is 0 Å². The minimum Gasteiger partial charge on any atom is -0.378 e. The van der Waals surface area contributed by atoms with E-state index >= 15 is 0 Å². The first-order valence-corrected chi connectivity index (χ1v) is 6.22. The molecule has 0 radical (unpaired) electrons. The Bertz CT molecular complexity index is 638. The quantitative estimate of drug-likeness (QED) is 0.939. The van der Waals surface area contributed by atoms with Crippen molar-refractivity contribution >= 4 is 17.3 Å². The first-order chi connectivity index (χ1) is 9.77. The van der Waals surface area contributed by atoms with Gasteiger partial charge in [-0.25, -0.2) is 9.97 Å². The average Bonchev–Trinajstić information content (AvgIpc) is 2.40. The third-order valence-electron chi connectivity index (χ3n) is 2.92. The summed E-state index contributed by atoms with van der Waals surface area (Å²) < 4.78 is 37.8. The molecule has 4 nitrogen and oxygen atoms in total. The zero-order valence-corrected chi connectivity index (χ0v) is 11.9. The first kappa shape index (κ1) is 15.1. The van der Waals surface area contributed by atoms with E-state index in [1.165, 1.54) is 0 Å². The zero-order valence-electron chi connectivity index (χ0n) is 11.9. The number of nitrogens with zero attached hydrogens (tertiary/aromatic N) is 3. The van der Waals surface area contributed by atoms with E-state index in [0.717, 1.165) is 23.5 Å². The van der Waals surface area contributed by atoms with Crippen LogP contribution in [0.2, 0.25) is 0 Å². The maximum Gasteiger partial charge on any atom is 0.433 e. The van der Waals surface area contributed by atoms with E-state index in [9.17, 15) is 13.2 Å². The molecule has 0 saturated heterocycles. The average molecular weight is 296 g/mol. The van der Waals surface area contributed by atoms with Gasteiger partial charge in [-0.05, 0) is 36.8 Å². The molecular weight excluding hydrogens is 281 g/mol. The summed E-state index contributed by atoms with van der Waals surface area (Å²) >= 11 is 0. The molecular formula is C14H15F3N4. The number of nitrogens with one attached hydrogen (secondary N) is 1. The van der Waals surface area contributed by atoms with E-state index in [1.54, 1.807) is 6.07 Å². The molecule has 0 aliphatic heterocycles. The predicted molar refractivity (Wildman–Crippen MR) is 75.8 cm³/mol. The Morgan fingerprint density at radius 2 is 1.86 bits per heavy atom. The molecule has 0 unspecified atom stereocenters. The fraction of sp³-hybridized carbons (Fsp3) is 0.286. The van der Waals surface area contributed by atoms with Crippen molar-refractivity contribution in [1.29, 1.82) is 0 Å². The Morgan fingerprint density at radius 1 is 1.14 bits per heavy atom. The molecule has 0 saturated carbocycles. The summed E-state index contributed by atoms with van der Waals surface area (Å²) in [6.45, 7) is 1.86. The van der Waals surface area contributed by atoms with Crippen molar-refractivity contribution in [2.75, 3.05) is 24.3 Å². The molecule has 1 aromatic carbocycles. The van der Waals surface area contributed by atoms with Gasteiger partial charge in [0.05, 0.1) is 0 Å². The molecule has 0 bridgehead atoms. The van der Waals surface area contributed by atoms with Crippen molar-refractivity contribution in [3.05, 3.63) is 41.7 Å². The molecule has 21 heavy (non-hydrogen) atoms. The van der Waals surface area contributed by atoms with Crippen molar-refractivity contribution in [3.63, 3.8) is 0 Å². The standard InChI is InChI=1S/C14H15F3N4/c1-9-8-10(21(2)3)4-5-11(9)19-13-18-7-6-12(20-13)14(15,16)17/h4-8H,1-3H3,(H,18,19,20). The Labute approximate surface area is 120 Å². The summed E-state index contributed by atoms with van der Waals surface area (Å²) in [6.07, 6.45) is -3.40. The Morgan fingerprint density at radius 3 is 2.43 bits per heavy atom. The summed E-state index contributed by atoms with van der Waals surface area (Å²) in [4.78, 5) is 9.24. The van der Waals surface area contributed by atoms with Gasteiger partial charge in [-0.2, -0.15) is 13.2 Å². The lowest BCUT2D eigenvalue weighted by Gasteiger charge is -2.15. The highest BCUT2D eigenvalue weighted by molar-refractivity contribution is 5.63. The molecule has 7 heteroatoms. The van der Waals surface area contributed by atoms with Gasteiger partial charge in [-0.3, -0.25) is 0 Å². The second kappa shape index (κ2) is 5.59. The maximum absolute atomic E-state index is 12.6. The third kappa shape index (κ3) is 3.62. The topological polar surface area (TPSA) is 41.0 Å². The van der Waals surface area contributed by atoms with Crippen molar-refractivity contribution in [3.8, 4) is 0 Å². The lowest BCUT2D eigenvalue weighted by Crippen LogP contribution is -2.11. The Hall–Kier alpha value is -2.31. The van der Waals surface area contributed by atoms with Crippen LogP contribution in [0.25, 0.3) is 0 Å². The smallest absolute Gasteiger partial charge is 0.378 e. The number of aromatic nitrogens is 2. The molecule has 1 aromatic heterocycles. The normalized spacial score (nSPS) is 11.3. The zero-order chi connectivity index (χ0) is 15.6. The van der Waals surface area contributed by atoms with E-state index in [2.05, 4.69) is 15.3 Å². The molecule has 0 spiro atoms. The molecule has 0 amide bonds. The van der Waals surface area contributed by atoms with Gasteiger partial charge in [0, 0.05) is 31.7 Å². The third-order valence-corrected chi connectivity index (χ3v) is 2.92. The summed E-state index contributed by atoms with van der Waals surface area (Å²) in [5.41, 5.74) is 1.59. The van der Waals surface area contributed by atoms with Crippen molar-refractivity contribution < 1.29 is 13.2 Å². The first-order valence-electron chi connectivity index (χ1n) is 6.22. The van der Waals surface area contributed by atoms with Gasteiger partial charge in [0.2, 0.25) is 5.95 Å². The molecule has 0 atom stereocenters. The summed E-state index contributed by atoms with van der Waals surface area (Å²) in [5, 5.41) is 2.81. The van der Waals surface area contributed by atoms with Crippen LogP contribution in [0.5, 0.6) is 0 Å². The van der Waals surface area contributed by atoms with Gasteiger partial charge in [-0.1, -0.05) is 0 Å². The number of alkyl halides is 3. The minimum absolute atomic E-state index is 0.0782. The fourth-order valence-corrected chi connectivity index (χ4v) is 1.76. The molecule has 0 aliphatic rings. The molecule has 0 aliphatic carbocycles. The van der Waals surface area contributed by atoms with Gasteiger partial charge >= 0.3 is 6.18 Å². The van der Waals surface area contributed by atoms with E-state index in [4.69, 9.17) is 0 Å². The number of halogens is 3. The van der Waals surface area contributed by atoms with Crippen molar-refractivity contribution in [2.45, 2.75) is 13.1 Å². The lowest BCUT2D eigenvalue weighted by molar-refractivity contribution is -0.141. The monoisotopic (exact) mass is 296 g/mol. The van der Waals surface area contributed by atoms with E-state index in [-0.39, 0.29) is 5.95 Å². The van der Waals surface area contributed by atoms with E-state index in [0.29, 0.717) is 5.69 Å². The second-order valence-electron chi connectivity index (χ2n) is 4.78. The van der Waals surface area contributed by atoms with Crippen molar-refractivity contribution in [1.82, 2.24) is 9.97 Å². The Kier molecular flexibility index (Phi) is 4.02. The minimum atomic E-state index is -4.48. The van der Waals surface area contributed by atoms with Crippen LogP contribution in [0.15, 0.2) is 30.5 Å². The predicted octanol–water partition coefficient (Wildman–Crippen LogP) is 3.61. The molecule has 112 valence electrons. The highest BCUT2D eigenvalue weighted by Crippen LogP contribution is 2.28. The second-order valence-corrected chi connectivity index (χ2v) is 4.78. The number of hydrogen-bond acceptors (Lipinski definition) is 4. The van der Waals surface area contributed by atoms with Gasteiger partial charge in [0.25, 0.3) is 0 Å². The molecule has 0 fully saturated rings. The van der Waals surface area contributed by atoms with Gasteiger partial charge in [-0.15, -0.1) is 0 Å². The molecule has 1 N–H and O–H groups in total. The number of benzene rings is 1. The summed E-state index contributed by atoms with van der Waals surface area (Å²) in [6, 6.07) is 6.42. The van der Waals surface area contributed by atoms with E-state index < -0.39 is 11.9 Å². The van der Waals surface area contributed by atoms with Crippen LogP contribution in [-0.4, -0.2) is 24.1 Å². The molecule has 2 rings (SSSR count). The van der Waals surface area contributed by atoms with Crippen LogP contribution < -0.4 is 10.2 Å². The molecule has 1 heterocycles. The van der Waals surface area contributed by atoms with Crippen LogP contribution in [-0.2, 0) is 6.18 Å². The van der Waals surface area contributed by atoms with Crippen LogP contribution in [0, 0.1) is 6.92 Å². The van der Waals surface area contributed by atoms with Crippen LogP contribution >= 0.6 is 0 Å². The lowest BCUT2D eigenvalue weighted by atomic mass is 10.1. The van der Waals surface area contributed by atoms with Crippen LogP contribution in [0.3, 0.4) is 0 Å². The van der Waals surface area contributed by atoms with E-state index in [1.807, 2.05) is 38.1 Å². The van der Waals surface area contributed by atoms with Crippen LogP contribution in [0.4, 0.5) is 30.5 Å². The fourth-order valence-electron chi connectivity index (χ4n) is 1.76.